The second kappa shape index (κ2) is 39.1. The molecule has 58 heavy (non-hydrogen) atoms. The third-order valence-corrected chi connectivity index (χ3v) is 16.8. The van der Waals surface area contributed by atoms with E-state index in [4.69, 9.17) is 0 Å². The lowest BCUT2D eigenvalue weighted by atomic mass is 10.0. The van der Waals surface area contributed by atoms with Crippen molar-refractivity contribution in [2.45, 2.75) is 229 Å². The predicted octanol–water partition coefficient (Wildman–Crippen LogP) is 16.8. The number of benzene rings is 1. The number of unbranched alkanes of at least 4 members (excludes halogenated alkanes) is 30. The highest BCUT2D eigenvalue weighted by atomic mass is 32.2. The minimum atomic E-state index is 1.16. The van der Waals surface area contributed by atoms with Crippen LogP contribution in [-0.4, -0.2) is 81.1 Å². The summed E-state index contributed by atoms with van der Waals surface area (Å²) in [7, 11) is 0. The van der Waals surface area contributed by atoms with Gasteiger partial charge in [0.1, 0.15) is 0 Å². The zero-order valence-electron chi connectivity index (χ0n) is 38.4. The van der Waals surface area contributed by atoms with Gasteiger partial charge in [0, 0.05) is 73.7 Å². The fourth-order valence-electron chi connectivity index (χ4n) is 8.35. The van der Waals surface area contributed by atoms with E-state index in [1.807, 2.05) is 23.9 Å². The molecular formula is C50H94N4S4. The van der Waals surface area contributed by atoms with Gasteiger partial charge in [0.05, 0.1) is 0 Å². The Bertz CT molecular complexity index is 942. The Hall–Kier alpha value is 0.460. The Morgan fingerprint density at radius 3 is 0.845 bits per heavy atom. The van der Waals surface area contributed by atoms with Crippen LogP contribution >= 0.6 is 47.8 Å². The summed E-state index contributed by atoms with van der Waals surface area (Å²) in [6, 6.07) is 9.30. The van der Waals surface area contributed by atoms with Gasteiger partial charge in [0.15, 0.2) is 0 Å². The molecule has 3 rings (SSSR count). The van der Waals surface area contributed by atoms with Gasteiger partial charge in [0.25, 0.3) is 0 Å². The van der Waals surface area contributed by atoms with Gasteiger partial charge in [-0.15, -0.1) is 0 Å². The summed E-state index contributed by atoms with van der Waals surface area (Å²) < 4.78 is 10.4. The summed E-state index contributed by atoms with van der Waals surface area (Å²) in [6.45, 7) is 14.0. The monoisotopic (exact) mass is 879 g/mol. The maximum absolute atomic E-state index is 2.63. The van der Waals surface area contributed by atoms with Crippen molar-refractivity contribution in [3.05, 3.63) is 24.3 Å². The molecule has 0 unspecified atom stereocenters. The van der Waals surface area contributed by atoms with Gasteiger partial charge in [-0.2, -0.15) is 0 Å². The summed E-state index contributed by atoms with van der Waals surface area (Å²) in [5.74, 6) is 2.61. The quantitative estimate of drug-likeness (QED) is 0.0472. The highest BCUT2D eigenvalue weighted by molar-refractivity contribution is 7.98. The lowest BCUT2D eigenvalue weighted by molar-refractivity contribution is 0.308. The zero-order chi connectivity index (χ0) is 40.8. The summed E-state index contributed by atoms with van der Waals surface area (Å²) in [5.41, 5.74) is 0. The molecule has 0 atom stereocenters. The van der Waals surface area contributed by atoms with Crippen LogP contribution in [0.25, 0.3) is 0 Å². The molecule has 0 aliphatic carbocycles. The molecule has 2 aliphatic rings. The molecule has 0 bridgehead atoms. The molecule has 0 saturated carbocycles. The van der Waals surface area contributed by atoms with E-state index in [1.54, 1.807) is 0 Å². The first-order chi connectivity index (χ1) is 28.8. The van der Waals surface area contributed by atoms with Crippen molar-refractivity contribution < 1.29 is 0 Å². The second-order valence-electron chi connectivity index (χ2n) is 17.6. The standard InChI is InChI=1S/C50H94N4S4/c1-3-5-7-9-11-13-15-17-19-21-23-25-27-29-31-33-46-55-51-38-42-53(43-39-51)57-49-36-35-37-50(48-49)58-54-44-40-52(41-45-54)56-47-34-32-30-28-26-24-22-20-18-16-14-12-10-8-6-4-2/h35-37,48H,3-34,38-47H2,1-2H3. The van der Waals surface area contributed by atoms with Gasteiger partial charge in [-0.05, 0) is 54.9 Å². The lowest BCUT2D eigenvalue weighted by Crippen LogP contribution is -2.40. The molecule has 338 valence electrons. The molecule has 0 aromatic heterocycles. The number of hydrogen-bond acceptors (Lipinski definition) is 8. The molecule has 2 fully saturated rings. The summed E-state index contributed by atoms with van der Waals surface area (Å²) in [4.78, 5) is 2.79. The van der Waals surface area contributed by atoms with Gasteiger partial charge in [-0.3, -0.25) is 0 Å². The first-order valence-electron chi connectivity index (χ1n) is 25.5. The Morgan fingerprint density at radius 1 is 0.328 bits per heavy atom. The highest BCUT2D eigenvalue weighted by Gasteiger charge is 2.20. The average molecular weight is 880 g/mol. The fourth-order valence-corrected chi connectivity index (χ4v) is 12.4. The molecule has 1 aromatic rings. The van der Waals surface area contributed by atoms with Crippen LogP contribution < -0.4 is 0 Å². The molecule has 2 saturated heterocycles. The molecule has 0 amide bonds. The first-order valence-corrected chi connectivity index (χ1v) is 28.9. The molecular weight excluding hydrogens is 785 g/mol. The smallest absolute Gasteiger partial charge is 0.0241 e. The predicted molar refractivity (Wildman–Crippen MR) is 268 cm³/mol. The van der Waals surface area contributed by atoms with Crippen LogP contribution in [0.15, 0.2) is 34.1 Å². The van der Waals surface area contributed by atoms with Gasteiger partial charge >= 0.3 is 0 Å². The SMILES string of the molecule is CCCCCCCCCCCCCCCCCCSN1CCN(Sc2cccc(SN3CCN(SCCCCCCCCCCCCCCCCCC)CC3)c2)CC1. The minimum absolute atomic E-state index is 1.16. The minimum Gasteiger partial charge on any atom is -0.248 e. The number of rotatable bonds is 40. The van der Waals surface area contributed by atoms with Crippen LogP contribution in [0.5, 0.6) is 0 Å². The van der Waals surface area contributed by atoms with Gasteiger partial charge in [-0.25, -0.2) is 17.2 Å². The van der Waals surface area contributed by atoms with E-state index in [0.717, 1.165) is 26.2 Å². The Balaban J connectivity index is 1.07. The van der Waals surface area contributed by atoms with E-state index < -0.39 is 0 Å². The molecule has 8 heteroatoms. The molecule has 2 heterocycles. The van der Waals surface area contributed by atoms with E-state index in [1.165, 1.54) is 253 Å². The van der Waals surface area contributed by atoms with Gasteiger partial charge < -0.3 is 0 Å². The van der Waals surface area contributed by atoms with E-state index >= 15 is 0 Å². The number of nitrogens with zero attached hydrogens (tertiary/aromatic N) is 4. The van der Waals surface area contributed by atoms with Crippen molar-refractivity contribution in [2.75, 3.05) is 63.9 Å². The van der Waals surface area contributed by atoms with Crippen molar-refractivity contribution in [1.29, 1.82) is 0 Å². The van der Waals surface area contributed by atoms with Crippen LogP contribution in [0.2, 0.25) is 0 Å². The maximum atomic E-state index is 2.63. The molecule has 0 spiro atoms. The number of piperazine rings is 2. The van der Waals surface area contributed by atoms with Crippen molar-refractivity contribution in [2.24, 2.45) is 0 Å². The number of hydrogen-bond donors (Lipinski definition) is 0. The molecule has 0 radical (unpaired) electrons. The first kappa shape index (κ1) is 52.8. The zero-order valence-corrected chi connectivity index (χ0v) is 41.7. The highest BCUT2D eigenvalue weighted by Crippen LogP contribution is 2.32. The topological polar surface area (TPSA) is 13.0 Å². The van der Waals surface area contributed by atoms with Gasteiger partial charge in [-0.1, -0.05) is 236 Å². The van der Waals surface area contributed by atoms with E-state index in [-0.39, 0.29) is 0 Å². The van der Waals surface area contributed by atoms with Crippen molar-refractivity contribution in [1.82, 2.24) is 17.2 Å². The van der Waals surface area contributed by atoms with E-state index in [2.05, 4.69) is 79.2 Å². The van der Waals surface area contributed by atoms with Crippen LogP contribution in [0.1, 0.15) is 219 Å². The summed E-state index contributed by atoms with van der Waals surface area (Å²) in [6.07, 6.45) is 46.4. The normalized spacial score (nSPS) is 16.2. The van der Waals surface area contributed by atoms with Gasteiger partial charge in [0.2, 0.25) is 0 Å². The molecule has 2 aliphatic heterocycles. The third-order valence-electron chi connectivity index (χ3n) is 12.2. The Kier molecular flexibility index (Phi) is 35.6. The lowest BCUT2D eigenvalue weighted by Gasteiger charge is -2.33. The van der Waals surface area contributed by atoms with Crippen LogP contribution in [0, 0.1) is 0 Å². The maximum Gasteiger partial charge on any atom is 0.0241 e. The summed E-state index contributed by atoms with van der Waals surface area (Å²) in [5, 5.41) is 0. The summed E-state index contributed by atoms with van der Waals surface area (Å²) >= 11 is 8.17. The van der Waals surface area contributed by atoms with Crippen LogP contribution in [-0.2, 0) is 0 Å². The molecule has 4 nitrogen and oxygen atoms in total. The van der Waals surface area contributed by atoms with Crippen LogP contribution in [0.3, 0.4) is 0 Å². The largest absolute Gasteiger partial charge is 0.248 e. The molecule has 1 aromatic carbocycles. The van der Waals surface area contributed by atoms with E-state index in [0.29, 0.717) is 0 Å². The van der Waals surface area contributed by atoms with E-state index in [9.17, 15) is 0 Å². The Morgan fingerprint density at radius 2 is 0.569 bits per heavy atom. The Labute approximate surface area is 380 Å². The average Bonchev–Trinajstić information content (AvgIpc) is 3.24. The van der Waals surface area contributed by atoms with Crippen molar-refractivity contribution in [3.8, 4) is 0 Å². The third kappa shape index (κ3) is 29.7. The van der Waals surface area contributed by atoms with Crippen LogP contribution in [0.4, 0.5) is 0 Å². The molecule has 0 N–H and O–H groups in total. The van der Waals surface area contributed by atoms with Crippen molar-refractivity contribution >= 4 is 47.8 Å². The second-order valence-corrected chi connectivity index (χ2v) is 22.4. The van der Waals surface area contributed by atoms with Crippen molar-refractivity contribution in [3.63, 3.8) is 0 Å². The fraction of sp³-hybridized carbons (Fsp3) is 0.880.